The minimum absolute atomic E-state index is 0.189. The molecule has 1 aliphatic carbocycles. The zero-order valence-corrected chi connectivity index (χ0v) is 9.77. The zero-order chi connectivity index (χ0) is 12.0. The number of alkyl halides is 2. The number of hydrogen-bond donors (Lipinski definition) is 1. The monoisotopic (exact) mass is 249 g/mol. The fourth-order valence-corrected chi connectivity index (χ4v) is 2.62. The van der Waals surface area contributed by atoms with Crippen LogP contribution in [0.25, 0.3) is 0 Å². The van der Waals surface area contributed by atoms with E-state index in [1.54, 1.807) is 17.9 Å². The molecule has 1 aliphatic rings. The number of aromatic nitrogens is 2. The molecule has 0 spiro atoms. The summed E-state index contributed by atoms with van der Waals surface area (Å²) in [6.07, 6.45) is 1.65. The zero-order valence-electron chi connectivity index (χ0n) is 9.01. The van der Waals surface area contributed by atoms with Crippen LogP contribution in [-0.2, 0) is 12.6 Å². The molecule has 0 atom stereocenters. The lowest BCUT2D eigenvalue weighted by atomic mass is 9.78. The van der Waals surface area contributed by atoms with E-state index < -0.39 is 11.5 Å². The summed E-state index contributed by atoms with van der Waals surface area (Å²) < 4.78 is 27.9. The molecule has 0 amide bonds. The summed E-state index contributed by atoms with van der Waals surface area (Å²) in [5.41, 5.74) is 6.05. The molecule has 16 heavy (non-hydrogen) atoms. The molecule has 1 fully saturated rings. The molecule has 0 unspecified atom stereocenters. The molecular formula is C10H14ClF2N3. The topological polar surface area (TPSA) is 43.8 Å². The molecule has 2 rings (SSSR count). The van der Waals surface area contributed by atoms with Crippen molar-refractivity contribution in [2.24, 2.45) is 12.8 Å². The minimum atomic E-state index is -2.59. The third-order valence-electron chi connectivity index (χ3n) is 3.24. The third kappa shape index (κ3) is 1.94. The van der Waals surface area contributed by atoms with Crippen molar-refractivity contribution in [1.29, 1.82) is 0 Å². The Morgan fingerprint density at radius 2 is 1.94 bits per heavy atom. The van der Waals surface area contributed by atoms with Crippen LogP contribution in [0, 0.1) is 0 Å². The summed E-state index contributed by atoms with van der Waals surface area (Å²) in [6.45, 7) is 0. The second kappa shape index (κ2) is 3.67. The highest BCUT2D eigenvalue weighted by Gasteiger charge is 2.44. The Hall–Kier alpha value is -0.680. The first-order valence-electron chi connectivity index (χ1n) is 5.18. The standard InChI is InChI=1S/C10H14ClF2N3/c1-16-6-15-8(11)7(16)9(14)2-4-10(12,13)5-3-9/h6H,2-5,14H2,1H3. The van der Waals surface area contributed by atoms with E-state index in [9.17, 15) is 8.78 Å². The van der Waals surface area contributed by atoms with Crippen LogP contribution in [0.1, 0.15) is 31.4 Å². The second-order valence-electron chi connectivity index (χ2n) is 4.51. The average molecular weight is 250 g/mol. The van der Waals surface area contributed by atoms with Gasteiger partial charge in [0, 0.05) is 19.9 Å². The van der Waals surface area contributed by atoms with Crippen molar-refractivity contribution < 1.29 is 8.78 Å². The molecule has 1 aromatic heterocycles. The molecule has 6 heteroatoms. The summed E-state index contributed by atoms with van der Waals surface area (Å²) in [5.74, 6) is -2.59. The van der Waals surface area contributed by atoms with Gasteiger partial charge in [-0.05, 0) is 12.8 Å². The first kappa shape index (κ1) is 11.8. The Morgan fingerprint density at radius 3 is 2.38 bits per heavy atom. The summed E-state index contributed by atoms with van der Waals surface area (Å²) >= 11 is 5.94. The van der Waals surface area contributed by atoms with Gasteiger partial charge in [0.05, 0.1) is 17.6 Å². The average Bonchev–Trinajstić information content (AvgIpc) is 2.53. The first-order chi connectivity index (χ1) is 7.34. The fourth-order valence-electron chi connectivity index (χ4n) is 2.26. The van der Waals surface area contributed by atoms with Gasteiger partial charge in [-0.25, -0.2) is 13.8 Å². The molecular weight excluding hydrogens is 236 g/mol. The van der Waals surface area contributed by atoms with Gasteiger partial charge in [0.2, 0.25) is 5.92 Å². The highest BCUT2D eigenvalue weighted by Crippen LogP contribution is 2.43. The van der Waals surface area contributed by atoms with Crippen molar-refractivity contribution in [3.8, 4) is 0 Å². The van der Waals surface area contributed by atoms with Crippen molar-refractivity contribution in [1.82, 2.24) is 9.55 Å². The number of rotatable bonds is 1. The number of nitrogens with two attached hydrogens (primary N) is 1. The fraction of sp³-hybridized carbons (Fsp3) is 0.700. The maximum absolute atomic E-state index is 13.1. The Balaban J connectivity index is 2.28. The number of hydrogen-bond acceptors (Lipinski definition) is 2. The molecule has 0 radical (unpaired) electrons. The van der Waals surface area contributed by atoms with Crippen LogP contribution >= 0.6 is 11.6 Å². The van der Waals surface area contributed by atoms with E-state index in [0.29, 0.717) is 10.8 Å². The summed E-state index contributed by atoms with van der Waals surface area (Å²) in [6, 6.07) is 0. The van der Waals surface area contributed by atoms with Crippen LogP contribution in [0.2, 0.25) is 5.15 Å². The van der Waals surface area contributed by atoms with E-state index in [-0.39, 0.29) is 25.7 Å². The Morgan fingerprint density at radius 1 is 1.38 bits per heavy atom. The smallest absolute Gasteiger partial charge is 0.248 e. The van der Waals surface area contributed by atoms with Gasteiger partial charge in [0.25, 0.3) is 0 Å². The molecule has 1 aromatic rings. The molecule has 1 heterocycles. The Labute approximate surface area is 97.6 Å². The lowest BCUT2D eigenvalue weighted by molar-refractivity contribution is -0.0522. The predicted molar refractivity (Wildman–Crippen MR) is 57.5 cm³/mol. The van der Waals surface area contributed by atoms with Crippen LogP contribution in [0.3, 0.4) is 0 Å². The van der Waals surface area contributed by atoms with Crippen molar-refractivity contribution in [2.45, 2.75) is 37.1 Å². The number of nitrogens with zero attached hydrogens (tertiary/aromatic N) is 2. The van der Waals surface area contributed by atoms with Crippen LogP contribution in [0.15, 0.2) is 6.33 Å². The van der Waals surface area contributed by atoms with Crippen LogP contribution in [0.5, 0.6) is 0 Å². The highest BCUT2D eigenvalue weighted by atomic mass is 35.5. The third-order valence-corrected chi connectivity index (χ3v) is 3.51. The molecule has 0 aliphatic heterocycles. The van der Waals surface area contributed by atoms with E-state index in [1.807, 2.05) is 0 Å². The predicted octanol–water partition coefficient (Wildman–Crippen LogP) is 2.44. The van der Waals surface area contributed by atoms with Gasteiger partial charge in [0.1, 0.15) is 0 Å². The summed E-state index contributed by atoms with van der Waals surface area (Å²) in [4.78, 5) is 3.93. The Bertz CT molecular complexity index is 373. The lowest BCUT2D eigenvalue weighted by Crippen LogP contribution is -2.44. The summed E-state index contributed by atoms with van der Waals surface area (Å²) in [5, 5.41) is 0.315. The van der Waals surface area contributed by atoms with Crippen molar-refractivity contribution in [2.75, 3.05) is 0 Å². The molecule has 0 bridgehead atoms. The van der Waals surface area contributed by atoms with Gasteiger partial charge < -0.3 is 10.3 Å². The van der Waals surface area contributed by atoms with Crippen molar-refractivity contribution in [3.63, 3.8) is 0 Å². The van der Waals surface area contributed by atoms with Gasteiger partial charge in [0.15, 0.2) is 5.15 Å². The molecule has 1 saturated carbocycles. The van der Waals surface area contributed by atoms with Gasteiger partial charge in [-0.2, -0.15) is 0 Å². The molecule has 3 nitrogen and oxygen atoms in total. The normalized spacial score (nSPS) is 23.3. The second-order valence-corrected chi connectivity index (χ2v) is 4.86. The largest absolute Gasteiger partial charge is 0.335 e. The number of halogens is 3. The lowest BCUT2D eigenvalue weighted by Gasteiger charge is -2.37. The van der Waals surface area contributed by atoms with E-state index in [1.165, 1.54) is 0 Å². The van der Waals surface area contributed by atoms with E-state index >= 15 is 0 Å². The van der Waals surface area contributed by atoms with Gasteiger partial charge in [-0.1, -0.05) is 11.6 Å². The van der Waals surface area contributed by atoms with E-state index in [0.717, 1.165) is 0 Å². The maximum Gasteiger partial charge on any atom is 0.248 e. The van der Waals surface area contributed by atoms with Crippen LogP contribution in [-0.4, -0.2) is 15.5 Å². The van der Waals surface area contributed by atoms with Crippen molar-refractivity contribution in [3.05, 3.63) is 17.2 Å². The van der Waals surface area contributed by atoms with Gasteiger partial charge >= 0.3 is 0 Å². The SMILES string of the molecule is Cn1cnc(Cl)c1C1(N)CCC(F)(F)CC1. The Kier molecular flexibility index (Phi) is 2.70. The minimum Gasteiger partial charge on any atom is -0.335 e. The van der Waals surface area contributed by atoms with Gasteiger partial charge in [-0.15, -0.1) is 0 Å². The molecule has 2 N–H and O–H groups in total. The molecule has 0 aromatic carbocycles. The first-order valence-corrected chi connectivity index (χ1v) is 5.56. The van der Waals surface area contributed by atoms with Gasteiger partial charge in [-0.3, -0.25) is 0 Å². The van der Waals surface area contributed by atoms with Crippen molar-refractivity contribution >= 4 is 11.6 Å². The van der Waals surface area contributed by atoms with Crippen LogP contribution in [0.4, 0.5) is 8.78 Å². The van der Waals surface area contributed by atoms with E-state index in [2.05, 4.69) is 4.98 Å². The molecule has 90 valence electrons. The quantitative estimate of drug-likeness (QED) is 0.831. The molecule has 0 saturated heterocycles. The van der Waals surface area contributed by atoms with E-state index in [4.69, 9.17) is 17.3 Å². The number of aryl methyl sites for hydroxylation is 1. The highest BCUT2D eigenvalue weighted by molar-refractivity contribution is 6.30. The number of imidazole rings is 1. The summed E-state index contributed by atoms with van der Waals surface area (Å²) in [7, 11) is 1.77. The maximum atomic E-state index is 13.1. The van der Waals surface area contributed by atoms with Crippen LogP contribution < -0.4 is 5.73 Å².